The van der Waals surface area contributed by atoms with Crippen LogP contribution in [-0.2, 0) is 20.1 Å². The molecule has 0 radical (unpaired) electrons. The lowest BCUT2D eigenvalue weighted by Gasteiger charge is -2.11. The van der Waals surface area contributed by atoms with Gasteiger partial charge in [-0.3, -0.25) is 4.98 Å². The van der Waals surface area contributed by atoms with Gasteiger partial charge in [-0.1, -0.05) is 12.1 Å². The van der Waals surface area contributed by atoms with E-state index < -0.39 is 0 Å². The van der Waals surface area contributed by atoms with E-state index in [1.54, 1.807) is 12.3 Å². The maximum atomic E-state index is 4.51. The van der Waals surface area contributed by atoms with Crippen molar-refractivity contribution in [3.8, 4) is 0 Å². The lowest BCUT2D eigenvalue weighted by molar-refractivity contribution is 0.721. The highest BCUT2D eigenvalue weighted by atomic mass is 15.3. The summed E-state index contributed by atoms with van der Waals surface area (Å²) in [6.45, 7) is 7.30. The summed E-state index contributed by atoms with van der Waals surface area (Å²) in [5, 5.41) is 14.6. The number of hydrogen-bond acceptors (Lipinski definition) is 4. The fourth-order valence-corrected chi connectivity index (χ4v) is 1.76. The number of pyridine rings is 1. The van der Waals surface area contributed by atoms with Crippen LogP contribution < -0.4 is 10.6 Å². The molecular formula is C15H21N7. The quantitative estimate of drug-likeness (QED) is 0.471. The molecule has 116 valence electrons. The first-order valence-electron chi connectivity index (χ1n) is 7.08. The Kier molecular flexibility index (Phi) is 5.65. The molecule has 2 N–H and O–H groups in total. The zero-order valence-electron chi connectivity index (χ0n) is 13.0. The predicted molar refractivity (Wildman–Crippen MR) is 86.2 cm³/mol. The van der Waals surface area contributed by atoms with Crippen LogP contribution in [0.4, 0.5) is 0 Å². The zero-order valence-corrected chi connectivity index (χ0v) is 13.0. The average molecular weight is 299 g/mol. The summed E-state index contributed by atoms with van der Waals surface area (Å²) in [6, 6.07) is 5.78. The van der Waals surface area contributed by atoms with E-state index in [-0.39, 0.29) is 0 Å². The summed E-state index contributed by atoms with van der Waals surface area (Å²) >= 11 is 0. The van der Waals surface area contributed by atoms with E-state index in [9.17, 15) is 0 Å². The number of aryl methyl sites for hydroxylation is 1. The van der Waals surface area contributed by atoms with Crippen LogP contribution >= 0.6 is 0 Å². The number of aromatic nitrogens is 4. The molecule has 2 heterocycles. The van der Waals surface area contributed by atoms with Crippen molar-refractivity contribution in [2.75, 3.05) is 6.54 Å². The van der Waals surface area contributed by atoms with E-state index >= 15 is 0 Å². The van der Waals surface area contributed by atoms with Gasteiger partial charge in [0.2, 0.25) is 0 Å². The molecule has 0 saturated heterocycles. The lowest BCUT2D eigenvalue weighted by atomic mass is 10.3. The number of guanidine groups is 1. The Balaban J connectivity index is 1.99. The van der Waals surface area contributed by atoms with Crippen LogP contribution in [0.15, 0.2) is 42.0 Å². The van der Waals surface area contributed by atoms with Crippen LogP contribution in [0.2, 0.25) is 0 Å². The molecule has 2 rings (SSSR count). The van der Waals surface area contributed by atoms with Gasteiger partial charge in [0.15, 0.2) is 11.8 Å². The maximum absolute atomic E-state index is 4.51. The summed E-state index contributed by atoms with van der Waals surface area (Å²) in [5.41, 5.74) is 0.914. The van der Waals surface area contributed by atoms with E-state index in [1.807, 2.05) is 36.7 Å². The lowest BCUT2D eigenvalue weighted by Crippen LogP contribution is -2.37. The maximum Gasteiger partial charge on any atom is 0.192 e. The van der Waals surface area contributed by atoms with E-state index in [1.165, 1.54) is 0 Å². The van der Waals surface area contributed by atoms with Crippen molar-refractivity contribution in [2.45, 2.75) is 20.0 Å². The average Bonchev–Trinajstić information content (AvgIpc) is 2.87. The van der Waals surface area contributed by atoms with Crippen LogP contribution in [0.25, 0.3) is 0 Å². The van der Waals surface area contributed by atoms with Gasteiger partial charge in [-0.05, 0) is 19.1 Å². The molecule has 7 nitrogen and oxygen atoms in total. The van der Waals surface area contributed by atoms with Gasteiger partial charge in [-0.2, -0.15) is 0 Å². The number of rotatable bonds is 6. The van der Waals surface area contributed by atoms with Gasteiger partial charge in [-0.15, -0.1) is 16.8 Å². The summed E-state index contributed by atoms with van der Waals surface area (Å²) in [6.07, 6.45) is 3.54. The Morgan fingerprint density at radius 1 is 1.36 bits per heavy atom. The molecule has 2 aromatic rings. The molecular weight excluding hydrogens is 278 g/mol. The fraction of sp³-hybridized carbons (Fsp3) is 0.333. The number of nitrogens with one attached hydrogen (secondary N) is 2. The number of aliphatic imine (C=N–C) groups is 1. The molecule has 0 atom stereocenters. The van der Waals surface area contributed by atoms with E-state index in [0.29, 0.717) is 25.6 Å². The Morgan fingerprint density at radius 2 is 2.23 bits per heavy atom. The van der Waals surface area contributed by atoms with Gasteiger partial charge in [0.25, 0.3) is 0 Å². The molecule has 0 fully saturated rings. The smallest absolute Gasteiger partial charge is 0.192 e. The third kappa shape index (κ3) is 4.41. The number of nitrogens with zero attached hydrogens (tertiary/aromatic N) is 5. The Bertz CT molecular complexity index is 631. The highest BCUT2D eigenvalue weighted by molar-refractivity contribution is 5.79. The highest BCUT2D eigenvalue weighted by Crippen LogP contribution is 1.98. The molecule has 7 heteroatoms. The van der Waals surface area contributed by atoms with Crippen LogP contribution in [0.5, 0.6) is 0 Å². The van der Waals surface area contributed by atoms with Gasteiger partial charge in [0.05, 0.1) is 18.8 Å². The summed E-state index contributed by atoms with van der Waals surface area (Å²) in [4.78, 5) is 8.77. The van der Waals surface area contributed by atoms with Crippen LogP contribution in [0.3, 0.4) is 0 Å². The third-order valence-electron chi connectivity index (χ3n) is 3.14. The first kappa shape index (κ1) is 15.7. The second-order valence-electron chi connectivity index (χ2n) is 4.73. The summed E-state index contributed by atoms with van der Waals surface area (Å²) in [7, 11) is 1.94. The van der Waals surface area contributed by atoms with Crippen LogP contribution in [-0.4, -0.2) is 32.3 Å². The van der Waals surface area contributed by atoms with Crippen molar-refractivity contribution in [2.24, 2.45) is 12.0 Å². The minimum absolute atomic E-state index is 0.505. The van der Waals surface area contributed by atoms with Gasteiger partial charge in [0, 0.05) is 19.8 Å². The molecule has 0 aliphatic heterocycles. The molecule has 22 heavy (non-hydrogen) atoms. The van der Waals surface area contributed by atoms with E-state index in [0.717, 1.165) is 17.3 Å². The number of hydrogen-bond donors (Lipinski definition) is 2. The first-order chi connectivity index (χ1) is 10.7. The van der Waals surface area contributed by atoms with E-state index in [2.05, 4.69) is 37.4 Å². The Morgan fingerprint density at radius 3 is 2.86 bits per heavy atom. The van der Waals surface area contributed by atoms with Gasteiger partial charge in [0.1, 0.15) is 5.82 Å². The second-order valence-corrected chi connectivity index (χ2v) is 4.73. The van der Waals surface area contributed by atoms with Crippen molar-refractivity contribution in [3.63, 3.8) is 0 Å². The van der Waals surface area contributed by atoms with Crippen molar-refractivity contribution in [3.05, 3.63) is 54.4 Å². The minimum Gasteiger partial charge on any atom is -0.353 e. The summed E-state index contributed by atoms with van der Waals surface area (Å²) in [5.74, 6) is 2.41. The SMILES string of the molecule is C=CCNC(=NCc1ccccn1)NCc1nnc(C)n1C. The van der Waals surface area contributed by atoms with Gasteiger partial charge >= 0.3 is 0 Å². The molecule has 0 bridgehead atoms. The Hall–Kier alpha value is -2.70. The highest BCUT2D eigenvalue weighted by Gasteiger charge is 2.05. The summed E-state index contributed by atoms with van der Waals surface area (Å²) < 4.78 is 1.94. The third-order valence-corrected chi connectivity index (χ3v) is 3.14. The Labute approximate surface area is 130 Å². The molecule has 0 aliphatic rings. The largest absolute Gasteiger partial charge is 0.353 e. The standard InChI is InChI=1S/C15H21N7/c1-4-8-17-15(18-10-13-7-5-6-9-16-13)19-11-14-21-20-12(2)22(14)3/h4-7,9H,1,8,10-11H2,2-3H3,(H2,17,18,19). The fourth-order valence-electron chi connectivity index (χ4n) is 1.76. The predicted octanol–water partition coefficient (Wildman–Crippen LogP) is 0.940. The van der Waals surface area contributed by atoms with Gasteiger partial charge in [-0.25, -0.2) is 4.99 Å². The molecule has 0 aliphatic carbocycles. The van der Waals surface area contributed by atoms with Crippen molar-refractivity contribution < 1.29 is 0 Å². The molecule has 0 saturated carbocycles. The monoisotopic (exact) mass is 299 g/mol. The van der Waals surface area contributed by atoms with Crippen LogP contribution in [0, 0.1) is 6.92 Å². The van der Waals surface area contributed by atoms with Gasteiger partial charge < -0.3 is 15.2 Å². The molecule has 0 spiro atoms. The normalized spacial score (nSPS) is 11.3. The van der Waals surface area contributed by atoms with E-state index in [4.69, 9.17) is 0 Å². The molecule has 2 aromatic heterocycles. The topological polar surface area (TPSA) is 80.0 Å². The first-order valence-corrected chi connectivity index (χ1v) is 7.08. The molecule has 0 aromatic carbocycles. The molecule has 0 unspecified atom stereocenters. The van der Waals surface area contributed by atoms with Crippen molar-refractivity contribution in [1.29, 1.82) is 0 Å². The molecule has 0 amide bonds. The van der Waals surface area contributed by atoms with Crippen molar-refractivity contribution >= 4 is 5.96 Å². The minimum atomic E-state index is 0.505. The zero-order chi connectivity index (χ0) is 15.8. The van der Waals surface area contributed by atoms with Crippen molar-refractivity contribution in [1.82, 2.24) is 30.4 Å². The van der Waals surface area contributed by atoms with Crippen LogP contribution in [0.1, 0.15) is 17.3 Å². The second kappa shape index (κ2) is 7.92.